The van der Waals surface area contributed by atoms with E-state index in [1.165, 1.54) is 7.11 Å². The molecule has 1 aromatic rings. The molecule has 7 nitrogen and oxygen atoms in total. The van der Waals surface area contributed by atoms with E-state index >= 15 is 0 Å². The van der Waals surface area contributed by atoms with Gasteiger partial charge >= 0.3 is 5.97 Å². The van der Waals surface area contributed by atoms with Crippen LogP contribution in [-0.4, -0.2) is 18.0 Å². The molecule has 0 aliphatic carbocycles. The smallest absolute Gasteiger partial charge is 0.336 e. The molecule has 0 radical (unpaired) electrons. The molecular weight excluding hydrogens is 298 g/mol. The zero-order chi connectivity index (χ0) is 17.1. The predicted molar refractivity (Wildman–Crippen MR) is 81.4 cm³/mol. The highest BCUT2D eigenvalue weighted by Gasteiger charge is 2.41. The van der Waals surface area contributed by atoms with E-state index in [1.807, 2.05) is 6.07 Å². The Morgan fingerprint density at radius 3 is 2.57 bits per heavy atom. The van der Waals surface area contributed by atoms with E-state index in [0.717, 1.165) is 0 Å². The van der Waals surface area contributed by atoms with E-state index in [4.69, 9.17) is 4.74 Å². The van der Waals surface area contributed by atoms with Crippen molar-refractivity contribution in [2.24, 2.45) is 0 Å². The van der Waals surface area contributed by atoms with E-state index < -0.39 is 16.8 Å². The minimum Gasteiger partial charge on any atom is -0.466 e. The van der Waals surface area contributed by atoms with Crippen LogP contribution in [0.2, 0.25) is 0 Å². The van der Waals surface area contributed by atoms with E-state index in [1.54, 1.807) is 38.1 Å². The quantitative estimate of drug-likeness (QED) is 0.521. The first-order chi connectivity index (χ1) is 10.9. The Morgan fingerprint density at radius 2 is 2.00 bits per heavy atom. The first-order valence-electron chi connectivity index (χ1n) is 6.82. The van der Waals surface area contributed by atoms with Gasteiger partial charge in [-0.2, -0.15) is 5.26 Å². The molecule has 2 rings (SSSR count). The summed E-state index contributed by atoms with van der Waals surface area (Å²) in [5.41, 5.74) is 1.45. The van der Waals surface area contributed by atoms with E-state index in [0.29, 0.717) is 17.0 Å². The summed E-state index contributed by atoms with van der Waals surface area (Å²) in [5.74, 6) is -1.63. The number of ether oxygens (including phenoxy) is 1. The van der Waals surface area contributed by atoms with Crippen LogP contribution in [-0.2, 0) is 9.53 Å². The van der Waals surface area contributed by atoms with Gasteiger partial charge < -0.3 is 10.1 Å². The second-order valence-corrected chi connectivity index (χ2v) is 5.05. The highest BCUT2D eigenvalue weighted by molar-refractivity contribution is 5.92. The minimum absolute atomic E-state index is 0.132. The third-order valence-electron chi connectivity index (χ3n) is 3.72. The molecule has 1 N–H and O–H groups in total. The third-order valence-corrected chi connectivity index (χ3v) is 3.72. The average molecular weight is 313 g/mol. The van der Waals surface area contributed by atoms with Gasteiger partial charge in [0, 0.05) is 5.70 Å². The van der Waals surface area contributed by atoms with Crippen LogP contribution in [0.4, 0.5) is 0 Å². The first kappa shape index (κ1) is 16.2. The maximum Gasteiger partial charge on any atom is 0.336 e. The van der Waals surface area contributed by atoms with Gasteiger partial charge in [0.1, 0.15) is 5.92 Å². The molecule has 0 fully saturated rings. The van der Waals surface area contributed by atoms with Crippen LogP contribution in [0.1, 0.15) is 30.9 Å². The Morgan fingerprint density at radius 1 is 1.35 bits per heavy atom. The van der Waals surface area contributed by atoms with E-state index in [2.05, 4.69) is 5.32 Å². The molecule has 0 aromatic heterocycles. The van der Waals surface area contributed by atoms with Gasteiger partial charge in [-0.25, -0.2) is 4.79 Å². The molecule has 7 heteroatoms. The normalized spacial score (nSPS) is 17.4. The third kappa shape index (κ3) is 2.79. The molecule has 1 heterocycles. The standard InChI is InChI=1S/C16H15N3O4/c1-9-13(16(20)23-3)14(15(19(21)22)10(2)18-9)12-7-5-4-6-11(12)8-17/h4-7,14,18H,1-3H3. The lowest BCUT2D eigenvalue weighted by atomic mass is 9.82. The number of carbonyl (C=O) groups excluding carboxylic acids is 1. The summed E-state index contributed by atoms with van der Waals surface area (Å²) in [6, 6.07) is 8.54. The average Bonchev–Trinajstić information content (AvgIpc) is 2.52. The van der Waals surface area contributed by atoms with Gasteiger partial charge in [0.2, 0.25) is 0 Å². The number of dihydropyridines is 1. The van der Waals surface area contributed by atoms with Crippen molar-refractivity contribution in [2.45, 2.75) is 19.8 Å². The zero-order valence-electron chi connectivity index (χ0n) is 12.9. The molecule has 23 heavy (non-hydrogen) atoms. The number of nitro groups is 1. The number of nitrogens with zero attached hydrogens (tertiary/aromatic N) is 2. The lowest BCUT2D eigenvalue weighted by Gasteiger charge is -2.26. The summed E-state index contributed by atoms with van der Waals surface area (Å²) in [5, 5.41) is 23.7. The van der Waals surface area contributed by atoms with Crippen LogP contribution >= 0.6 is 0 Å². The van der Waals surface area contributed by atoms with Crippen LogP contribution in [0.5, 0.6) is 0 Å². The topological polar surface area (TPSA) is 105 Å². The minimum atomic E-state index is -0.963. The maximum atomic E-state index is 12.2. The Bertz CT molecular complexity index is 787. The Labute approximate surface area is 133 Å². The molecule has 1 unspecified atom stereocenters. The predicted octanol–water partition coefficient (Wildman–Crippen LogP) is 2.20. The number of hydrogen-bond acceptors (Lipinski definition) is 6. The summed E-state index contributed by atoms with van der Waals surface area (Å²) < 4.78 is 4.78. The van der Waals surface area contributed by atoms with E-state index in [-0.39, 0.29) is 16.8 Å². The Balaban J connectivity index is 2.78. The summed E-state index contributed by atoms with van der Waals surface area (Å²) in [4.78, 5) is 23.2. The van der Waals surface area contributed by atoms with Crippen molar-refractivity contribution in [3.05, 3.63) is 68.2 Å². The van der Waals surface area contributed by atoms with Crippen molar-refractivity contribution in [3.63, 3.8) is 0 Å². The number of allylic oxidation sites excluding steroid dienone is 3. The van der Waals surface area contributed by atoms with Crippen molar-refractivity contribution < 1.29 is 14.5 Å². The van der Waals surface area contributed by atoms with Crippen molar-refractivity contribution in [2.75, 3.05) is 7.11 Å². The van der Waals surface area contributed by atoms with Gasteiger partial charge in [-0.15, -0.1) is 0 Å². The second kappa shape index (κ2) is 6.32. The SMILES string of the molecule is COC(=O)C1=C(C)NC(C)=C([N+](=O)[O-])C1c1ccccc1C#N. The van der Waals surface area contributed by atoms with Gasteiger partial charge in [0.25, 0.3) is 5.70 Å². The number of methoxy groups -OCH3 is 1. The molecule has 0 spiro atoms. The number of esters is 1. The van der Waals surface area contributed by atoms with Gasteiger partial charge in [-0.05, 0) is 25.5 Å². The fourth-order valence-electron chi connectivity index (χ4n) is 2.76. The molecule has 0 bridgehead atoms. The summed E-state index contributed by atoms with van der Waals surface area (Å²) in [6.45, 7) is 3.21. The molecule has 1 aromatic carbocycles. The van der Waals surface area contributed by atoms with Crippen molar-refractivity contribution in [1.82, 2.24) is 5.32 Å². The van der Waals surface area contributed by atoms with Crippen molar-refractivity contribution >= 4 is 5.97 Å². The molecule has 1 aliphatic heterocycles. The molecule has 0 saturated carbocycles. The zero-order valence-corrected chi connectivity index (χ0v) is 12.9. The molecule has 0 amide bonds. The number of rotatable bonds is 3. The number of nitriles is 1. The molecule has 0 saturated heterocycles. The van der Waals surface area contributed by atoms with Gasteiger partial charge in [0.15, 0.2) is 0 Å². The lowest BCUT2D eigenvalue weighted by Crippen LogP contribution is -2.31. The Kier molecular flexibility index (Phi) is 4.46. The van der Waals surface area contributed by atoms with Gasteiger partial charge in [-0.1, -0.05) is 18.2 Å². The molecule has 1 atom stereocenters. The van der Waals surface area contributed by atoms with Gasteiger partial charge in [0.05, 0.1) is 34.9 Å². The van der Waals surface area contributed by atoms with Crippen LogP contribution in [0, 0.1) is 21.4 Å². The summed E-state index contributed by atoms with van der Waals surface area (Å²) >= 11 is 0. The molecular formula is C16H15N3O4. The Hall–Kier alpha value is -3.14. The number of hydrogen-bond donors (Lipinski definition) is 1. The van der Waals surface area contributed by atoms with Crippen LogP contribution < -0.4 is 5.32 Å². The van der Waals surface area contributed by atoms with Crippen molar-refractivity contribution in [3.8, 4) is 6.07 Å². The summed E-state index contributed by atoms with van der Waals surface area (Å²) in [7, 11) is 1.22. The first-order valence-corrected chi connectivity index (χ1v) is 6.82. The van der Waals surface area contributed by atoms with Crippen LogP contribution in [0.3, 0.4) is 0 Å². The fraction of sp³-hybridized carbons (Fsp3) is 0.250. The second-order valence-electron chi connectivity index (χ2n) is 5.05. The van der Waals surface area contributed by atoms with Crippen LogP contribution in [0.15, 0.2) is 46.9 Å². The van der Waals surface area contributed by atoms with Crippen molar-refractivity contribution in [1.29, 1.82) is 5.26 Å². The fourth-order valence-corrected chi connectivity index (χ4v) is 2.76. The highest BCUT2D eigenvalue weighted by atomic mass is 16.6. The molecule has 118 valence electrons. The molecule has 1 aliphatic rings. The highest BCUT2D eigenvalue weighted by Crippen LogP contribution is 2.39. The largest absolute Gasteiger partial charge is 0.466 e. The lowest BCUT2D eigenvalue weighted by molar-refractivity contribution is -0.431. The van der Waals surface area contributed by atoms with Gasteiger partial charge in [-0.3, -0.25) is 10.1 Å². The number of benzene rings is 1. The maximum absolute atomic E-state index is 12.2. The van der Waals surface area contributed by atoms with Crippen LogP contribution in [0.25, 0.3) is 0 Å². The summed E-state index contributed by atoms with van der Waals surface area (Å²) in [6.07, 6.45) is 0. The van der Waals surface area contributed by atoms with E-state index in [9.17, 15) is 20.2 Å². The number of carbonyl (C=O) groups is 1. The number of nitrogens with one attached hydrogen (secondary N) is 1. The monoisotopic (exact) mass is 313 g/mol.